The number of fused-ring (bicyclic) bond motifs is 1. The third-order valence-electron chi connectivity index (χ3n) is 2.94. The largest absolute Gasteiger partial charge is 0.324 e. The van der Waals surface area contributed by atoms with Crippen LogP contribution in [0, 0.1) is 0 Å². The summed E-state index contributed by atoms with van der Waals surface area (Å²) in [4.78, 5) is 0. The Labute approximate surface area is 90.9 Å². The highest BCUT2D eigenvalue weighted by atomic mass is 14.9. The van der Waals surface area contributed by atoms with E-state index in [2.05, 4.69) is 53.3 Å². The van der Waals surface area contributed by atoms with Gasteiger partial charge in [-0.1, -0.05) is 13.0 Å². The molecule has 2 aromatic heterocycles. The molecular weight excluding hydrogens is 184 g/mol. The first-order chi connectivity index (χ1) is 7.33. The standard InChI is InChI=1S/C13H18N2/c1-3-12(14-2)8-11-9-13-6-4-5-7-15(13)10-11/h4-7,9-10,12,14H,3,8H2,1-2H3. The van der Waals surface area contributed by atoms with Gasteiger partial charge < -0.3 is 9.72 Å². The molecule has 0 bridgehead atoms. The summed E-state index contributed by atoms with van der Waals surface area (Å²) in [6, 6.07) is 9.13. The lowest BCUT2D eigenvalue weighted by Crippen LogP contribution is -2.26. The summed E-state index contributed by atoms with van der Waals surface area (Å²) < 4.78 is 2.18. The van der Waals surface area contributed by atoms with Crippen LogP contribution in [0.25, 0.3) is 5.52 Å². The first-order valence-electron chi connectivity index (χ1n) is 5.56. The molecule has 0 aliphatic rings. The van der Waals surface area contributed by atoms with Crippen molar-refractivity contribution in [1.29, 1.82) is 0 Å². The van der Waals surface area contributed by atoms with Crippen LogP contribution in [0.5, 0.6) is 0 Å². The van der Waals surface area contributed by atoms with Crippen LogP contribution in [0.4, 0.5) is 0 Å². The van der Waals surface area contributed by atoms with Gasteiger partial charge in [0.25, 0.3) is 0 Å². The van der Waals surface area contributed by atoms with E-state index >= 15 is 0 Å². The Hall–Kier alpha value is -1.28. The van der Waals surface area contributed by atoms with E-state index in [1.165, 1.54) is 17.5 Å². The molecule has 0 aromatic carbocycles. The van der Waals surface area contributed by atoms with E-state index in [4.69, 9.17) is 0 Å². The number of nitrogens with one attached hydrogen (secondary N) is 1. The third-order valence-corrected chi connectivity index (χ3v) is 2.94. The van der Waals surface area contributed by atoms with Crippen molar-refractivity contribution in [3.05, 3.63) is 42.2 Å². The number of hydrogen-bond donors (Lipinski definition) is 1. The Morgan fingerprint density at radius 1 is 1.40 bits per heavy atom. The number of nitrogens with zero attached hydrogens (tertiary/aromatic N) is 1. The average Bonchev–Trinajstić information content (AvgIpc) is 2.68. The summed E-state index contributed by atoms with van der Waals surface area (Å²) in [5.41, 5.74) is 2.68. The van der Waals surface area contributed by atoms with Gasteiger partial charge in [0.05, 0.1) is 0 Å². The third kappa shape index (κ3) is 2.21. The van der Waals surface area contributed by atoms with Gasteiger partial charge in [0.2, 0.25) is 0 Å². The van der Waals surface area contributed by atoms with E-state index in [-0.39, 0.29) is 0 Å². The monoisotopic (exact) mass is 202 g/mol. The maximum Gasteiger partial charge on any atom is 0.0452 e. The molecule has 2 heterocycles. The van der Waals surface area contributed by atoms with E-state index in [1.807, 2.05) is 7.05 Å². The minimum atomic E-state index is 0.586. The van der Waals surface area contributed by atoms with E-state index < -0.39 is 0 Å². The molecule has 1 N–H and O–H groups in total. The van der Waals surface area contributed by atoms with E-state index in [0.29, 0.717) is 6.04 Å². The highest BCUT2D eigenvalue weighted by Crippen LogP contribution is 2.12. The number of likely N-dealkylation sites (N-methyl/N-ethyl adjacent to an activating group) is 1. The van der Waals surface area contributed by atoms with Crippen LogP contribution in [0.15, 0.2) is 36.7 Å². The maximum atomic E-state index is 3.34. The van der Waals surface area contributed by atoms with Crippen molar-refractivity contribution >= 4 is 5.52 Å². The minimum Gasteiger partial charge on any atom is -0.324 e. The van der Waals surface area contributed by atoms with Crippen molar-refractivity contribution in [1.82, 2.24) is 9.72 Å². The van der Waals surface area contributed by atoms with E-state index in [9.17, 15) is 0 Å². The molecule has 1 unspecified atom stereocenters. The van der Waals surface area contributed by atoms with Gasteiger partial charge in [-0.3, -0.25) is 0 Å². The molecule has 2 aromatic rings. The Balaban J connectivity index is 2.21. The normalized spacial score (nSPS) is 13.2. The minimum absolute atomic E-state index is 0.586. The first kappa shape index (κ1) is 10.2. The highest BCUT2D eigenvalue weighted by Gasteiger charge is 2.06. The number of aromatic nitrogens is 1. The molecule has 0 aliphatic heterocycles. The quantitative estimate of drug-likeness (QED) is 0.805. The van der Waals surface area contributed by atoms with Gasteiger partial charge >= 0.3 is 0 Å². The predicted molar refractivity (Wildman–Crippen MR) is 64.2 cm³/mol. The maximum absolute atomic E-state index is 3.34. The summed E-state index contributed by atoms with van der Waals surface area (Å²) in [6.07, 6.45) is 6.59. The summed E-state index contributed by atoms with van der Waals surface area (Å²) in [5.74, 6) is 0. The SMILES string of the molecule is CCC(Cc1cc2ccccn2c1)NC. The van der Waals surface area contributed by atoms with Crippen LogP contribution in [0.3, 0.4) is 0 Å². The second-order valence-corrected chi connectivity index (χ2v) is 3.98. The molecule has 0 aliphatic carbocycles. The van der Waals surface area contributed by atoms with E-state index in [0.717, 1.165) is 6.42 Å². The smallest absolute Gasteiger partial charge is 0.0452 e. The Kier molecular flexibility index (Phi) is 3.07. The van der Waals surface area contributed by atoms with Crippen LogP contribution in [-0.4, -0.2) is 17.5 Å². The number of pyridine rings is 1. The van der Waals surface area contributed by atoms with Gasteiger partial charge in [0.15, 0.2) is 0 Å². The zero-order chi connectivity index (χ0) is 10.7. The van der Waals surface area contributed by atoms with Crippen LogP contribution >= 0.6 is 0 Å². The van der Waals surface area contributed by atoms with Gasteiger partial charge in [-0.25, -0.2) is 0 Å². The van der Waals surface area contributed by atoms with Gasteiger partial charge in [-0.2, -0.15) is 0 Å². The molecule has 1 atom stereocenters. The zero-order valence-electron chi connectivity index (χ0n) is 9.40. The van der Waals surface area contributed by atoms with Crippen molar-refractivity contribution in [2.24, 2.45) is 0 Å². The molecule has 80 valence electrons. The molecule has 0 saturated carbocycles. The molecule has 0 spiro atoms. The van der Waals surface area contributed by atoms with Gasteiger partial charge in [0.1, 0.15) is 0 Å². The summed E-state index contributed by atoms with van der Waals surface area (Å²) in [6.45, 7) is 2.22. The lowest BCUT2D eigenvalue weighted by atomic mass is 10.1. The molecule has 2 nitrogen and oxygen atoms in total. The highest BCUT2D eigenvalue weighted by molar-refractivity contribution is 5.50. The first-order valence-corrected chi connectivity index (χ1v) is 5.56. The summed E-state index contributed by atoms with van der Waals surface area (Å²) in [7, 11) is 2.03. The molecule has 0 fully saturated rings. The Bertz CT molecular complexity index is 394. The van der Waals surface area contributed by atoms with E-state index in [1.54, 1.807) is 0 Å². The lowest BCUT2D eigenvalue weighted by Gasteiger charge is -2.11. The van der Waals surface area contributed by atoms with Crippen molar-refractivity contribution in [3.8, 4) is 0 Å². The number of hydrogen-bond acceptors (Lipinski definition) is 1. The van der Waals surface area contributed by atoms with Crippen molar-refractivity contribution < 1.29 is 0 Å². The lowest BCUT2D eigenvalue weighted by molar-refractivity contribution is 0.543. The summed E-state index contributed by atoms with van der Waals surface area (Å²) in [5, 5.41) is 3.34. The van der Waals surface area contributed by atoms with Crippen LogP contribution in [-0.2, 0) is 6.42 Å². The number of rotatable bonds is 4. The molecule has 2 rings (SSSR count). The van der Waals surface area contributed by atoms with Crippen LogP contribution < -0.4 is 5.32 Å². The van der Waals surface area contributed by atoms with Crippen molar-refractivity contribution in [2.75, 3.05) is 7.05 Å². The fourth-order valence-corrected chi connectivity index (χ4v) is 1.96. The molecule has 0 amide bonds. The Morgan fingerprint density at radius 2 is 2.27 bits per heavy atom. The van der Waals surface area contributed by atoms with Crippen molar-refractivity contribution in [2.45, 2.75) is 25.8 Å². The molecule has 15 heavy (non-hydrogen) atoms. The predicted octanol–water partition coefficient (Wildman–Crippen LogP) is 2.48. The fourth-order valence-electron chi connectivity index (χ4n) is 1.96. The molecule has 0 saturated heterocycles. The molecular formula is C13H18N2. The topological polar surface area (TPSA) is 16.4 Å². The fraction of sp³-hybridized carbons (Fsp3) is 0.385. The van der Waals surface area contributed by atoms with Gasteiger partial charge in [0, 0.05) is 24.0 Å². The van der Waals surface area contributed by atoms with Gasteiger partial charge in [-0.05, 0) is 43.7 Å². The average molecular weight is 202 g/mol. The second-order valence-electron chi connectivity index (χ2n) is 3.98. The van der Waals surface area contributed by atoms with Gasteiger partial charge in [-0.15, -0.1) is 0 Å². The summed E-state index contributed by atoms with van der Waals surface area (Å²) >= 11 is 0. The zero-order valence-corrected chi connectivity index (χ0v) is 9.40. The molecule has 2 heteroatoms. The van der Waals surface area contributed by atoms with Crippen LogP contribution in [0.1, 0.15) is 18.9 Å². The van der Waals surface area contributed by atoms with Crippen molar-refractivity contribution in [3.63, 3.8) is 0 Å². The second kappa shape index (κ2) is 4.49. The van der Waals surface area contributed by atoms with Crippen LogP contribution in [0.2, 0.25) is 0 Å². The molecule has 0 radical (unpaired) electrons. The Morgan fingerprint density at radius 3 is 2.93 bits per heavy atom.